The highest BCUT2D eigenvalue weighted by Crippen LogP contribution is 2.32. The van der Waals surface area contributed by atoms with Crippen molar-refractivity contribution < 1.29 is 22.4 Å². The van der Waals surface area contributed by atoms with Crippen LogP contribution in [0.1, 0.15) is 21.7 Å². The van der Waals surface area contributed by atoms with Gasteiger partial charge in [0.25, 0.3) is 5.91 Å². The van der Waals surface area contributed by atoms with Crippen LogP contribution in [-0.2, 0) is 20.3 Å². The summed E-state index contributed by atoms with van der Waals surface area (Å²) in [5, 5.41) is 5.95. The summed E-state index contributed by atoms with van der Waals surface area (Å²) in [7, 11) is 3.02. The third-order valence-electron chi connectivity index (χ3n) is 4.05. The van der Waals surface area contributed by atoms with Crippen molar-refractivity contribution in [3.8, 4) is 11.3 Å². The smallest absolute Gasteiger partial charge is 0.346 e. The first kappa shape index (κ1) is 18.7. The molecule has 3 rings (SSSR count). The molecule has 5 nitrogen and oxygen atoms in total. The Balaban J connectivity index is 1.87. The molecule has 1 amide bonds. The van der Waals surface area contributed by atoms with E-state index in [1.165, 1.54) is 19.2 Å². The lowest BCUT2D eigenvalue weighted by Crippen LogP contribution is -2.15. The van der Waals surface area contributed by atoms with E-state index in [1.807, 2.05) is 6.92 Å². The molecule has 0 saturated carbocycles. The predicted octanol–water partition coefficient (Wildman–Crippen LogP) is 4.14. The Morgan fingerprint density at radius 3 is 2.37 bits per heavy atom. The van der Waals surface area contributed by atoms with Gasteiger partial charge in [-0.25, -0.2) is 4.39 Å². The van der Waals surface area contributed by atoms with E-state index in [2.05, 4.69) is 10.4 Å². The van der Waals surface area contributed by atoms with Crippen molar-refractivity contribution in [1.29, 1.82) is 0 Å². The number of hydrogen-bond acceptors (Lipinski definition) is 2. The number of amides is 1. The summed E-state index contributed by atoms with van der Waals surface area (Å²) in [5.74, 6) is -1.19. The molecule has 1 aromatic carbocycles. The van der Waals surface area contributed by atoms with Gasteiger partial charge < -0.3 is 9.88 Å². The molecule has 0 aliphatic carbocycles. The van der Waals surface area contributed by atoms with Crippen LogP contribution in [0.5, 0.6) is 0 Å². The average Bonchev–Trinajstić information content (AvgIpc) is 3.09. The molecule has 0 atom stereocenters. The van der Waals surface area contributed by atoms with Crippen molar-refractivity contribution in [1.82, 2.24) is 14.3 Å². The number of alkyl halides is 3. The number of aryl methyl sites for hydroxylation is 3. The molecule has 0 aliphatic heterocycles. The Morgan fingerprint density at radius 1 is 1.15 bits per heavy atom. The minimum atomic E-state index is -4.62. The van der Waals surface area contributed by atoms with Crippen LogP contribution < -0.4 is 5.32 Å². The molecule has 1 N–H and O–H groups in total. The molecule has 142 valence electrons. The van der Waals surface area contributed by atoms with Gasteiger partial charge in [-0.15, -0.1) is 0 Å². The van der Waals surface area contributed by atoms with Gasteiger partial charge >= 0.3 is 6.18 Å². The van der Waals surface area contributed by atoms with Gasteiger partial charge in [-0.05, 0) is 42.8 Å². The SMILES string of the molecule is Cc1cc(C(=O)Nc2ccc(-c3cc(C(F)(F)F)nn3C)c(F)c2)n(C)c1. The van der Waals surface area contributed by atoms with Crippen molar-refractivity contribution in [2.75, 3.05) is 5.32 Å². The van der Waals surface area contributed by atoms with Crippen LogP contribution in [0.3, 0.4) is 0 Å². The molecular weight excluding hydrogens is 364 g/mol. The molecule has 3 aromatic rings. The Bertz CT molecular complexity index is 1020. The molecule has 0 spiro atoms. The first-order chi connectivity index (χ1) is 12.6. The quantitative estimate of drug-likeness (QED) is 0.695. The lowest BCUT2D eigenvalue weighted by atomic mass is 10.1. The summed E-state index contributed by atoms with van der Waals surface area (Å²) in [6, 6.07) is 6.26. The van der Waals surface area contributed by atoms with Crippen LogP contribution in [0.4, 0.5) is 23.2 Å². The normalized spacial score (nSPS) is 11.7. The van der Waals surface area contributed by atoms with E-state index < -0.39 is 23.6 Å². The topological polar surface area (TPSA) is 51.9 Å². The van der Waals surface area contributed by atoms with Gasteiger partial charge in [-0.2, -0.15) is 18.3 Å². The van der Waals surface area contributed by atoms with E-state index in [0.717, 1.165) is 22.4 Å². The molecule has 0 radical (unpaired) electrons. The van der Waals surface area contributed by atoms with Gasteiger partial charge in [0.05, 0.1) is 5.69 Å². The molecule has 0 aliphatic rings. The minimum absolute atomic E-state index is 0.0178. The highest BCUT2D eigenvalue weighted by atomic mass is 19.4. The monoisotopic (exact) mass is 380 g/mol. The van der Waals surface area contributed by atoms with Crippen molar-refractivity contribution >= 4 is 11.6 Å². The standard InChI is InChI=1S/C18H16F4N4O/c1-10-6-15(25(2)9-10)17(27)23-11-4-5-12(13(19)7-11)14-8-16(18(20,21)22)24-26(14)3/h4-9H,1-3H3,(H,23,27). The Kier molecular flexibility index (Phi) is 4.54. The third kappa shape index (κ3) is 3.71. The second kappa shape index (κ2) is 6.57. The van der Waals surface area contributed by atoms with E-state index in [9.17, 15) is 22.4 Å². The molecular formula is C18H16F4N4O. The minimum Gasteiger partial charge on any atom is -0.346 e. The van der Waals surface area contributed by atoms with Crippen molar-refractivity contribution in [2.45, 2.75) is 13.1 Å². The molecule has 0 saturated heterocycles. The van der Waals surface area contributed by atoms with Gasteiger partial charge in [0.2, 0.25) is 0 Å². The number of benzene rings is 1. The number of carbonyl (C=O) groups is 1. The lowest BCUT2D eigenvalue weighted by molar-refractivity contribution is -0.141. The molecule has 2 aromatic heterocycles. The molecule has 0 bridgehead atoms. The van der Waals surface area contributed by atoms with E-state index in [0.29, 0.717) is 5.69 Å². The molecule has 0 fully saturated rings. The summed E-state index contributed by atoms with van der Waals surface area (Å²) in [5.41, 5.74) is 0.331. The number of nitrogens with one attached hydrogen (secondary N) is 1. The highest BCUT2D eigenvalue weighted by Gasteiger charge is 2.35. The zero-order chi connectivity index (χ0) is 19.9. The van der Waals surface area contributed by atoms with Crippen LogP contribution in [0.15, 0.2) is 36.5 Å². The van der Waals surface area contributed by atoms with E-state index in [-0.39, 0.29) is 16.9 Å². The van der Waals surface area contributed by atoms with Crippen LogP contribution >= 0.6 is 0 Å². The molecule has 0 unspecified atom stereocenters. The maximum absolute atomic E-state index is 14.5. The first-order valence-corrected chi connectivity index (χ1v) is 7.91. The maximum atomic E-state index is 14.5. The Hall–Kier alpha value is -3.10. The molecule has 2 heterocycles. The molecule has 27 heavy (non-hydrogen) atoms. The van der Waals surface area contributed by atoms with Gasteiger partial charge in [0, 0.05) is 31.5 Å². The fourth-order valence-electron chi connectivity index (χ4n) is 2.81. The number of halogens is 4. The van der Waals surface area contributed by atoms with Gasteiger partial charge in [-0.3, -0.25) is 9.48 Å². The first-order valence-electron chi connectivity index (χ1n) is 7.91. The second-order valence-corrected chi connectivity index (χ2v) is 6.20. The Labute approximate surface area is 152 Å². The van der Waals surface area contributed by atoms with Crippen LogP contribution in [0, 0.1) is 12.7 Å². The lowest BCUT2D eigenvalue weighted by Gasteiger charge is -2.09. The summed E-state index contributed by atoms with van der Waals surface area (Å²) in [6.07, 6.45) is -2.84. The number of carbonyl (C=O) groups excluding carboxylic acids is 1. The molecule has 9 heteroatoms. The van der Waals surface area contributed by atoms with Crippen molar-refractivity contribution in [3.63, 3.8) is 0 Å². The second-order valence-electron chi connectivity index (χ2n) is 6.20. The Morgan fingerprint density at radius 2 is 1.85 bits per heavy atom. The number of hydrogen-bond donors (Lipinski definition) is 1. The van der Waals surface area contributed by atoms with Crippen LogP contribution in [-0.4, -0.2) is 20.3 Å². The predicted molar refractivity (Wildman–Crippen MR) is 91.7 cm³/mol. The number of aromatic nitrogens is 3. The fourth-order valence-corrected chi connectivity index (χ4v) is 2.81. The van der Waals surface area contributed by atoms with Gasteiger partial charge in [-0.1, -0.05) is 0 Å². The van der Waals surface area contributed by atoms with Crippen LogP contribution in [0.2, 0.25) is 0 Å². The van der Waals surface area contributed by atoms with E-state index in [4.69, 9.17) is 0 Å². The third-order valence-corrected chi connectivity index (χ3v) is 4.05. The zero-order valence-corrected chi connectivity index (χ0v) is 14.7. The van der Waals surface area contributed by atoms with Gasteiger partial charge in [0.1, 0.15) is 11.5 Å². The van der Waals surface area contributed by atoms with E-state index in [1.54, 1.807) is 23.9 Å². The van der Waals surface area contributed by atoms with Crippen molar-refractivity contribution in [2.24, 2.45) is 14.1 Å². The maximum Gasteiger partial charge on any atom is 0.435 e. The largest absolute Gasteiger partial charge is 0.435 e. The number of anilines is 1. The summed E-state index contributed by atoms with van der Waals surface area (Å²) in [6.45, 7) is 1.84. The fraction of sp³-hybridized carbons (Fsp3) is 0.222. The summed E-state index contributed by atoms with van der Waals surface area (Å²) < 4.78 is 55.4. The van der Waals surface area contributed by atoms with Crippen LogP contribution in [0.25, 0.3) is 11.3 Å². The highest BCUT2D eigenvalue weighted by molar-refractivity contribution is 6.03. The number of nitrogens with zero attached hydrogens (tertiary/aromatic N) is 3. The van der Waals surface area contributed by atoms with E-state index >= 15 is 0 Å². The zero-order valence-electron chi connectivity index (χ0n) is 14.7. The van der Waals surface area contributed by atoms with Crippen molar-refractivity contribution in [3.05, 3.63) is 59.3 Å². The number of rotatable bonds is 3. The summed E-state index contributed by atoms with van der Waals surface area (Å²) in [4.78, 5) is 12.3. The van der Waals surface area contributed by atoms with Gasteiger partial charge in [0.15, 0.2) is 5.69 Å². The average molecular weight is 380 g/mol. The summed E-state index contributed by atoms with van der Waals surface area (Å²) >= 11 is 0.